The van der Waals surface area contributed by atoms with Gasteiger partial charge in [0.2, 0.25) is 5.91 Å². The van der Waals surface area contributed by atoms with Crippen LogP contribution in [-0.2, 0) is 9.53 Å². The molecule has 0 aliphatic carbocycles. The second-order valence-electron chi connectivity index (χ2n) is 7.38. The Bertz CT molecular complexity index is 715. The van der Waals surface area contributed by atoms with Crippen LogP contribution in [0.3, 0.4) is 0 Å². The Morgan fingerprint density at radius 2 is 1.90 bits per heavy atom. The highest BCUT2D eigenvalue weighted by atomic mass is 127. The number of guanidine groups is 1. The molecule has 0 saturated carbocycles. The molecular weight excluding hydrogens is 519 g/mol. The lowest BCUT2D eigenvalue weighted by Gasteiger charge is -2.36. The van der Waals surface area contributed by atoms with Gasteiger partial charge in [0.15, 0.2) is 17.6 Å². The van der Waals surface area contributed by atoms with Crippen molar-refractivity contribution in [3.8, 4) is 0 Å². The van der Waals surface area contributed by atoms with Crippen molar-refractivity contribution in [2.24, 2.45) is 4.99 Å². The lowest BCUT2D eigenvalue weighted by Crippen LogP contribution is -2.54. The average molecular weight is 553 g/mol. The normalized spacial score (nSPS) is 15.9. The number of methoxy groups -OCH3 is 1. The minimum Gasteiger partial charge on any atom is -0.383 e. The van der Waals surface area contributed by atoms with Gasteiger partial charge in [0.1, 0.15) is 0 Å². The summed E-state index contributed by atoms with van der Waals surface area (Å²) < 4.78 is 31.6. The molecule has 1 heterocycles. The first kappa shape index (κ1) is 27.5. The second-order valence-corrected chi connectivity index (χ2v) is 7.38. The molecule has 31 heavy (non-hydrogen) atoms. The molecular formula is C21H34F2IN5O2. The highest BCUT2D eigenvalue weighted by Crippen LogP contribution is 2.18. The van der Waals surface area contributed by atoms with E-state index in [1.807, 2.05) is 13.8 Å². The molecule has 1 unspecified atom stereocenters. The van der Waals surface area contributed by atoms with Gasteiger partial charge in [-0.3, -0.25) is 14.7 Å². The molecule has 10 heteroatoms. The van der Waals surface area contributed by atoms with Gasteiger partial charge in [0, 0.05) is 58.8 Å². The fourth-order valence-electron chi connectivity index (χ4n) is 3.24. The highest BCUT2D eigenvalue weighted by Gasteiger charge is 2.21. The number of nitrogens with one attached hydrogen (secondary N) is 2. The monoisotopic (exact) mass is 553 g/mol. The summed E-state index contributed by atoms with van der Waals surface area (Å²) in [5.41, 5.74) is 0.720. The number of hydrogen-bond donors (Lipinski definition) is 2. The Kier molecular flexibility index (Phi) is 12.9. The molecule has 1 saturated heterocycles. The molecule has 0 spiro atoms. The number of carbonyl (C=O) groups is 1. The number of ether oxygens (including phenoxy) is 1. The topological polar surface area (TPSA) is 69.2 Å². The molecule has 1 aromatic rings. The summed E-state index contributed by atoms with van der Waals surface area (Å²) in [5.74, 6) is -0.908. The van der Waals surface area contributed by atoms with E-state index in [-0.39, 0.29) is 35.8 Å². The number of rotatable bonds is 9. The van der Waals surface area contributed by atoms with Crippen LogP contribution in [0, 0.1) is 11.6 Å². The van der Waals surface area contributed by atoms with E-state index in [0.29, 0.717) is 26.2 Å². The van der Waals surface area contributed by atoms with Crippen LogP contribution < -0.4 is 10.6 Å². The molecule has 1 aliphatic heterocycles. The summed E-state index contributed by atoms with van der Waals surface area (Å²) in [6, 6.07) is 3.99. The molecule has 1 amide bonds. The van der Waals surface area contributed by atoms with Crippen LogP contribution in [0.5, 0.6) is 0 Å². The van der Waals surface area contributed by atoms with E-state index in [4.69, 9.17) is 9.73 Å². The van der Waals surface area contributed by atoms with Gasteiger partial charge in [-0.2, -0.15) is 0 Å². The number of amides is 1. The maximum Gasteiger partial charge on any atom is 0.234 e. The molecule has 2 rings (SSSR count). The van der Waals surface area contributed by atoms with Gasteiger partial charge in [0.25, 0.3) is 0 Å². The van der Waals surface area contributed by atoms with Crippen LogP contribution in [0.4, 0.5) is 8.78 Å². The number of aliphatic imine (C=N–C) groups is 1. The van der Waals surface area contributed by atoms with E-state index in [1.54, 1.807) is 13.2 Å². The number of carbonyl (C=O) groups excluding carboxylic acids is 1. The first-order valence-corrected chi connectivity index (χ1v) is 10.4. The zero-order valence-electron chi connectivity index (χ0n) is 18.5. The summed E-state index contributed by atoms with van der Waals surface area (Å²) in [5, 5.41) is 6.14. The van der Waals surface area contributed by atoms with E-state index < -0.39 is 11.6 Å². The fraction of sp³-hybridized carbons (Fsp3) is 0.619. The zero-order valence-corrected chi connectivity index (χ0v) is 20.8. The van der Waals surface area contributed by atoms with Gasteiger partial charge in [0.05, 0.1) is 13.2 Å². The number of piperazine rings is 1. The summed E-state index contributed by atoms with van der Waals surface area (Å²) in [7, 11) is 1.60. The van der Waals surface area contributed by atoms with Gasteiger partial charge in [-0.1, -0.05) is 13.0 Å². The van der Waals surface area contributed by atoms with E-state index in [2.05, 4.69) is 20.4 Å². The Labute approximate surface area is 200 Å². The molecule has 1 aromatic carbocycles. The van der Waals surface area contributed by atoms with Crippen LogP contribution in [-0.4, -0.2) is 87.7 Å². The molecule has 0 aromatic heterocycles. The number of hydrogen-bond acceptors (Lipinski definition) is 4. The maximum atomic E-state index is 13.5. The molecule has 1 aliphatic rings. The van der Waals surface area contributed by atoms with Crippen molar-refractivity contribution in [1.82, 2.24) is 20.4 Å². The molecule has 1 fully saturated rings. The standard InChI is InChI=1S/C21H33F2N5O2.HI/c1-4-24-21(26-14-16(2)17-5-6-18(22)19(23)13-17)28-10-8-27(9-11-28)15-20(29)25-7-12-30-3;/h5-6,13,16H,4,7-12,14-15H2,1-3H3,(H,24,26)(H,25,29);1H. The van der Waals surface area contributed by atoms with Gasteiger partial charge < -0.3 is 20.3 Å². The third kappa shape index (κ3) is 9.24. The van der Waals surface area contributed by atoms with Crippen molar-refractivity contribution in [1.29, 1.82) is 0 Å². The SMILES string of the molecule is CCNC(=NCC(C)c1ccc(F)c(F)c1)N1CCN(CC(=O)NCCOC)CC1.I. The Morgan fingerprint density at radius 3 is 2.52 bits per heavy atom. The van der Waals surface area contributed by atoms with Crippen LogP contribution in [0.25, 0.3) is 0 Å². The first-order chi connectivity index (χ1) is 14.4. The van der Waals surface area contributed by atoms with Crippen molar-refractivity contribution in [3.63, 3.8) is 0 Å². The van der Waals surface area contributed by atoms with E-state index in [9.17, 15) is 13.6 Å². The predicted molar refractivity (Wildman–Crippen MR) is 129 cm³/mol. The average Bonchev–Trinajstić information content (AvgIpc) is 2.73. The lowest BCUT2D eigenvalue weighted by molar-refractivity contribution is -0.122. The van der Waals surface area contributed by atoms with Gasteiger partial charge in [-0.25, -0.2) is 8.78 Å². The summed E-state index contributed by atoms with van der Waals surface area (Å²) in [4.78, 5) is 20.9. The molecule has 0 radical (unpaired) electrons. The molecule has 1 atom stereocenters. The quantitative estimate of drug-likeness (QED) is 0.212. The van der Waals surface area contributed by atoms with Crippen molar-refractivity contribution >= 4 is 35.8 Å². The summed E-state index contributed by atoms with van der Waals surface area (Å²) in [6.07, 6.45) is 0. The van der Waals surface area contributed by atoms with Crippen LogP contribution in [0.1, 0.15) is 25.3 Å². The minimum atomic E-state index is -0.840. The lowest BCUT2D eigenvalue weighted by atomic mass is 10.0. The third-order valence-corrected chi connectivity index (χ3v) is 5.03. The fourth-order valence-corrected chi connectivity index (χ4v) is 3.24. The zero-order chi connectivity index (χ0) is 21.9. The van der Waals surface area contributed by atoms with Crippen molar-refractivity contribution in [2.45, 2.75) is 19.8 Å². The van der Waals surface area contributed by atoms with E-state index in [1.165, 1.54) is 6.07 Å². The predicted octanol–water partition coefficient (Wildman–Crippen LogP) is 2.03. The van der Waals surface area contributed by atoms with Crippen molar-refractivity contribution in [2.75, 3.05) is 66.1 Å². The summed E-state index contributed by atoms with van der Waals surface area (Å²) >= 11 is 0. The van der Waals surface area contributed by atoms with Gasteiger partial charge in [-0.05, 0) is 24.6 Å². The maximum absolute atomic E-state index is 13.5. The molecule has 2 N–H and O–H groups in total. The van der Waals surface area contributed by atoms with Crippen LogP contribution in [0.15, 0.2) is 23.2 Å². The Balaban J connectivity index is 0.00000480. The van der Waals surface area contributed by atoms with Crippen LogP contribution >= 0.6 is 24.0 Å². The Morgan fingerprint density at radius 1 is 1.19 bits per heavy atom. The van der Waals surface area contributed by atoms with Gasteiger partial charge in [-0.15, -0.1) is 24.0 Å². The van der Waals surface area contributed by atoms with Crippen LogP contribution in [0.2, 0.25) is 0 Å². The second kappa shape index (κ2) is 14.5. The molecule has 7 nitrogen and oxygen atoms in total. The van der Waals surface area contributed by atoms with E-state index >= 15 is 0 Å². The first-order valence-electron chi connectivity index (χ1n) is 10.4. The Hall–Kier alpha value is -1.53. The minimum absolute atomic E-state index is 0. The largest absolute Gasteiger partial charge is 0.383 e. The molecule has 176 valence electrons. The third-order valence-electron chi connectivity index (χ3n) is 5.03. The highest BCUT2D eigenvalue weighted by molar-refractivity contribution is 14.0. The summed E-state index contributed by atoms with van der Waals surface area (Å²) in [6.45, 7) is 9.60. The van der Waals surface area contributed by atoms with Gasteiger partial charge >= 0.3 is 0 Å². The van der Waals surface area contributed by atoms with Crippen molar-refractivity contribution < 1.29 is 18.3 Å². The van der Waals surface area contributed by atoms with E-state index in [0.717, 1.165) is 50.3 Å². The number of benzene rings is 1. The number of halogens is 3. The van der Waals surface area contributed by atoms with Crippen molar-refractivity contribution in [3.05, 3.63) is 35.4 Å². The molecule has 0 bridgehead atoms. The number of nitrogens with zero attached hydrogens (tertiary/aromatic N) is 3. The smallest absolute Gasteiger partial charge is 0.234 e.